The fourth-order valence-electron chi connectivity index (χ4n) is 2.62. The van der Waals surface area contributed by atoms with Gasteiger partial charge in [-0.15, -0.1) is 0 Å². The minimum Gasteiger partial charge on any atom is -0.457 e. The van der Waals surface area contributed by atoms with E-state index in [0.717, 1.165) is 12.8 Å². The molecule has 2 aromatic rings. The molecule has 0 saturated carbocycles. The molecule has 0 bridgehead atoms. The summed E-state index contributed by atoms with van der Waals surface area (Å²) in [7, 11) is 0. The molecule has 25 heavy (non-hydrogen) atoms. The van der Waals surface area contributed by atoms with Crippen molar-refractivity contribution >= 4 is 17.5 Å². The molecule has 7 nitrogen and oxygen atoms in total. The second kappa shape index (κ2) is 6.72. The van der Waals surface area contributed by atoms with Crippen molar-refractivity contribution in [1.29, 1.82) is 0 Å². The number of rotatable bonds is 6. The highest BCUT2D eigenvalue weighted by Gasteiger charge is 2.35. The molecule has 0 spiro atoms. The second-order valence-electron chi connectivity index (χ2n) is 5.68. The maximum Gasteiger partial charge on any atom is 0.269 e. The van der Waals surface area contributed by atoms with E-state index >= 15 is 0 Å². The minimum absolute atomic E-state index is 0.0337. The Bertz CT molecular complexity index is 845. The molecule has 0 aliphatic carbocycles. The number of hydrogen-bond acceptors (Lipinski definition) is 5. The number of nitro benzene ring substituents is 1. The number of nitro groups is 1. The zero-order valence-corrected chi connectivity index (χ0v) is 13.6. The van der Waals surface area contributed by atoms with Gasteiger partial charge in [0.2, 0.25) is 0 Å². The van der Waals surface area contributed by atoms with E-state index in [1.165, 1.54) is 35.2 Å². The van der Waals surface area contributed by atoms with Gasteiger partial charge in [0, 0.05) is 18.7 Å². The molecule has 0 unspecified atom stereocenters. The van der Waals surface area contributed by atoms with Crippen LogP contribution in [-0.2, 0) is 0 Å². The van der Waals surface area contributed by atoms with E-state index in [2.05, 4.69) is 0 Å². The van der Waals surface area contributed by atoms with Crippen molar-refractivity contribution in [2.45, 2.75) is 19.8 Å². The highest BCUT2D eigenvalue weighted by molar-refractivity contribution is 6.21. The number of fused-ring (bicyclic) bond motifs is 1. The van der Waals surface area contributed by atoms with Crippen molar-refractivity contribution in [3.05, 3.63) is 63.7 Å². The summed E-state index contributed by atoms with van der Waals surface area (Å²) in [5.41, 5.74) is 0.659. The Morgan fingerprint density at radius 2 is 1.64 bits per heavy atom. The molecule has 7 heteroatoms. The number of imide groups is 1. The Morgan fingerprint density at radius 3 is 2.28 bits per heavy atom. The topological polar surface area (TPSA) is 89.8 Å². The van der Waals surface area contributed by atoms with Crippen LogP contribution in [0.25, 0.3) is 0 Å². The van der Waals surface area contributed by atoms with Crippen molar-refractivity contribution in [3.8, 4) is 11.5 Å². The summed E-state index contributed by atoms with van der Waals surface area (Å²) in [5.74, 6) is 0.203. The summed E-state index contributed by atoms with van der Waals surface area (Å²) in [6.45, 7) is 2.40. The van der Waals surface area contributed by atoms with Crippen molar-refractivity contribution < 1.29 is 19.2 Å². The maximum atomic E-state index is 12.4. The lowest BCUT2D eigenvalue weighted by molar-refractivity contribution is -0.384. The monoisotopic (exact) mass is 340 g/mol. The summed E-state index contributed by atoms with van der Waals surface area (Å²) in [4.78, 5) is 36.1. The second-order valence-corrected chi connectivity index (χ2v) is 5.68. The van der Waals surface area contributed by atoms with Crippen LogP contribution in [0.1, 0.15) is 40.5 Å². The van der Waals surface area contributed by atoms with Crippen LogP contribution in [0.3, 0.4) is 0 Å². The number of carbonyl (C=O) groups is 2. The Balaban J connectivity index is 1.81. The summed E-state index contributed by atoms with van der Waals surface area (Å²) in [5, 5.41) is 10.7. The smallest absolute Gasteiger partial charge is 0.269 e. The highest BCUT2D eigenvalue weighted by Crippen LogP contribution is 2.30. The predicted molar refractivity (Wildman–Crippen MR) is 89.9 cm³/mol. The number of ether oxygens (including phenoxy) is 1. The zero-order valence-electron chi connectivity index (χ0n) is 13.6. The molecule has 0 N–H and O–H groups in total. The largest absolute Gasteiger partial charge is 0.457 e. The number of hydrogen-bond donors (Lipinski definition) is 0. The average Bonchev–Trinajstić information content (AvgIpc) is 2.84. The third-order valence-corrected chi connectivity index (χ3v) is 3.96. The molecule has 0 radical (unpaired) electrons. The molecule has 2 amide bonds. The van der Waals surface area contributed by atoms with E-state index < -0.39 is 4.92 Å². The van der Waals surface area contributed by atoms with Crippen LogP contribution in [0, 0.1) is 10.1 Å². The zero-order chi connectivity index (χ0) is 18.0. The lowest BCUT2D eigenvalue weighted by Crippen LogP contribution is -2.30. The standard InChI is InChI=1S/C18H16N2O5/c1-2-3-10-19-17(21)15-9-8-14(11-16(15)18(19)22)25-13-6-4-12(5-7-13)20(23)24/h4-9,11H,2-3,10H2,1H3. The van der Waals surface area contributed by atoms with Gasteiger partial charge >= 0.3 is 0 Å². The molecular weight excluding hydrogens is 324 g/mol. The van der Waals surface area contributed by atoms with Crippen LogP contribution >= 0.6 is 0 Å². The Labute approximate surface area is 144 Å². The van der Waals surface area contributed by atoms with Crippen LogP contribution in [-0.4, -0.2) is 28.2 Å². The van der Waals surface area contributed by atoms with E-state index in [0.29, 0.717) is 29.2 Å². The fraction of sp³-hybridized carbons (Fsp3) is 0.222. The number of unbranched alkanes of at least 4 members (excludes halogenated alkanes) is 1. The lowest BCUT2D eigenvalue weighted by Gasteiger charge is -2.12. The summed E-state index contributed by atoms with van der Waals surface area (Å²) >= 11 is 0. The van der Waals surface area contributed by atoms with E-state index in [1.807, 2.05) is 6.92 Å². The van der Waals surface area contributed by atoms with E-state index in [9.17, 15) is 19.7 Å². The van der Waals surface area contributed by atoms with Crippen molar-refractivity contribution in [1.82, 2.24) is 4.90 Å². The van der Waals surface area contributed by atoms with Gasteiger partial charge in [0.15, 0.2) is 0 Å². The Kier molecular flexibility index (Phi) is 4.47. The van der Waals surface area contributed by atoms with Crippen molar-refractivity contribution in [2.24, 2.45) is 0 Å². The predicted octanol–water partition coefficient (Wildman–Crippen LogP) is 3.78. The first kappa shape index (κ1) is 16.6. The van der Waals surface area contributed by atoms with Gasteiger partial charge in [-0.05, 0) is 36.8 Å². The van der Waals surface area contributed by atoms with E-state index in [4.69, 9.17) is 4.74 Å². The van der Waals surface area contributed by atoms with Gasteiger partial charge in [-0.25, -0.2) is 0 Å². The summed E-state index contributed by atoms with van der Waals surface area (Å²) in [6, 6.07) is 10.3. The van der Waals surface area contributed by atoms with Crippen molar-refractivity contribution in [3.63, 3.8) is 0 Å². The third kappa shape index (κ3) is 3.21. The Morgan fingerprint density at radius 1 is 1.00 bits per heavy atom. The lowest BCUT2D eigenvalue weighted by atomic mass is 10.1. The van der Waals surface area contributed by atoms with Crippen molar-refractivity contribution in [2.75, 3.05) is 6.54 Å². The molecule has 0 fully saturated rings. The quantitative estimate of drug-likeness (QED) is 0.453. The number of non-ortho nitro benzene ring substituents is 1. The first-order valence-corrected chi connectivity index (χ1v) is 7.94. The third-order valence-electron chi connectivity index (χ3n) is 3.96. The van der Waals surface area contributed by atoms with Gasteiger partial charge in [-0.2, -0.15) is 0 Å². The molecule has 128 valence electrons. The number of nitrogens with zero attached hydrogens (tertiary/aromatic N) is 2. The van der Waals surface area contributed by atoms with Gasteiger partial charge < -0.3 is 4.74 Å². The highest BCUT2D eigenvalue weighted by atomic mass is 16.6. The van der Waals surface area contributed by atoms with Gasteiger partial charge in [0.05, 0.1) is 16.1 Å². The molecule has 1 aliphatic rings. The first-order chi connectivity index (χ1) is 12.0. The van der Waals surface area contributed by atoms with Crippen LogP contribution in [0.2, 0.25) is 0 Å². The van der Waals surface area contributed by atoms with Crippen LogP contribution in [0.15, 0.2) is 42.5 Å². The first-order valence-electron chi connectivity index (χ1n) is 7.94. The maximum absolute atomic E-state index is 12.4. The fourth-order valence-corrected chi connectivity index (χ4v) is 2.62. The minimum atomic E-state index is -0.492. The van der Waals surface area contributed by atoms with E-state index in [1.54, 1.807) is 12.1 Å². The molecule has 1 heterocycles. The van der Waals surface area contributed by atoms with Gasteiger partial charge in [-0.1, -0.05) is 13.3 Å². The van der Waals surface area contributed by atoms with Crippen LogP contribution < -0.4 is 4.74 Å². The summed E-state index contributed by atoms with van der Waals surface area (Å²) in [6.07, 6.45) is 1.65. The van der Waals surface area contributed by atoms with Crippen LogP contribution in [0.4, 0.5) is 5.69 Å². The summed E-state index contributed by atoms with van der Waals surface area (Å²) < 4.78 is 5.63. The molecule has 0 atom stereocenters. The van der Waals surface area contributed by atoms with Gasteiger partial charge in [0.25, 0.3) is 17.5 Å². The Hall–Kier alpha value is -3.22. The van der Waals surface area contributed by atoms with Crippen LogP contribution in [0.5, 0.6) is 11.5 Å². The molecule has 2 aromatic carbocycles. The number of carbonyl (C=O) groups excluding carboxylic acids is 2. The molecular formula is C18H16N2O5. The average molecular weight is 340 g/mol. The van der Waals surface area contributed by atoms with E-state index in [-0.39, 0.29) is 17.5 Å². The molecule has 1 aliphatic heterocycles. The number of benzene rings is 2. The van der Waals surface area contributed by atoms with Gasteiger partial charge in [-0.3, -0.25) is 24.6 Å². The SMILES string of the molecule is CCCCN1C(=O)c2ccc(Oc3ccc([N+](=O)[O-])cc3)cc2C1=O. The van der Waals surface area contributed by atoms with Gasteiger partial charge in [0.1, 0.15) is 11.5 Å². The molecule has 0 aromatic heterocycles. The molecule has 3 rings (SSSR count). The number of amides is 2. The normalized spacial score (nSPS) is 13.1. The molecule has 0 saturated heterocycles.